The average Bonchev–Trinajstić information content (AvgIpc) is 2.44. The van der Waals surface area contributed by atoms with Gasteiger partial charge in [-0.15, -0.1) is 11.3 Å². The van der Waals surface area contributed by atoms with E-state index in [-0.39, 0.29) is 17.3 Å². The number of carbonyl (C=O) groups excluding carboxylic acids is 1. The van der Waals surface area contributed by atoms with Crippen molar-refractivity contribution in [2.75, 3.05) is 17.6 Å². The molecule has 0 atom stereocenters. The standard InChI is InChI=1S/C8H12N2O4S2/c1-4-14-8(11)6-7(10-16(3,12)13)15-5(2)9-6/h10H,4H2,1-3H3. The third kappa shape index (κ3) is 3.46. The Kier molecular flexibility index (Phi) is 3.87. The molecule has 1 aromatic rings. The number of thiazole rings is 1. The molecule has 0 saturated heterocycles. The van der Waals surface area contributed by atoms with Crippen molar-refractivity contribution >= 4 is 32.3 Å². The predicted molar refractivity (Wildman–Crippen MR) is 61.3 cm³/mol. The molecule has 0 aliphatic carbocycles. The number of hydrogen-bond donors (Lipinski definition) is 1. The van der Waals surface area contributed by atoms with Crippen LogP contribution in [0.5, 0.6) is 0 Å². The zero-order chi connectivity index (χ0) is 12.3. The van der Waals surface area contributed by atoms with Gasteiger partial charge >= 0.3 is 5.97 Å². The highest BCUT2D eigenvalue weighted by Crippen LogP contribution is 2.25. The molecule has 0 aliphatic rings. The van der Waals surface area contributed by atoms with Gasteiger partial charge in [0.1, 0.15) is 5.00 Å². The zero-order valence-electron chi connectivity index (χ0n) is 9.10. The summed E-state index contributed by atoms with van der Waals surface area (Å²) in [5, 5.41) is 0.785. The molecule has 90 valence electrons. The Balaban J connectivity index is 3.05. The van der Waals surface area contributed by atoms with Crippen molar-refractivity contribution in [2.45, 2.75) is 13.8 Å². The van der Waals surface area contributed by atoms with Crippen LogP contribution < -0.4 is 4.72 Å². The van der Waals surface area contributed by atoms with Crippen LogP contribution in [0.25, 0.3) is 0 Å². The molecule has 0 saturated carbocycles. The molecule has 0 spiro atoms. The van der Waals surface area contributed by atoms with Gasteiger partial charge in [-0.2, -0.15) is 0 Å². The van der Waals surface area contributed by atoms with Gasteiger partial charge in [-0.05, 0) is 13.8 Å². The van der Waals surface area contributed by atoms with Crippen LogP contribution in [0.1, 0.15) is 22.4 Å². The molecule has 1 rings (SSSR count). The van der Waals surface area contributed by atoms with Crippen LogP contribution in [0.15, 0.2) is 0 Å². The number of aryl methyl sites for hydroxylation is 1. The molecule has 0 aromatic carbocycles. The lowest BCUT2D eigenvalue weighted by atomic mass is 10.4. The Morgan fingerprint density at radius 1 is 1.56 bits per heavy atom. The van der Waals surface area contributed by atoms with E-state index in [4.69, 9.17) is 4.74 Å². The number of ether oxygens (including phenoxy) is 1. The van der Waals surface area contributed by atoms with Crippen molar-refractivity contribution in [3.63, 3.8) is 0 Å². The molecule has 8 heteroatoms. The van der Waals surface area contributed by atoms with E-state index >= 15 is 0 Å². The summed E-state index contributed by atoms with van der Waals surface area (Å²) in [7, 11) is -3.42. The summed E-state index contributed by atoms with van der Waals surface area (Å²) in [6, 6.07) is 0. The van der Waals surface area contributed by atoms with Gasteiger partial charge in [0.2, 0.25) is 10.0 Å². The molecular weight excluding hydrogens is 252 g/mol. The maximum Gasteiger partial charge on any atom is 0.360 e. The van der Waals surface area contributed by atoms with E-state index in [2.05, 4.69) is 9.71 Å². The number of rotatable bonds is 4. The van der Waals surface area contributed by atoms with Gasteiger partial charge in [-0.1, -0.05) is 0 Å². The maximum atomic E-state index is 11.5. The van der Waals surface area contributed by atoms with Crippen molar-refractivity contribution in [3.8, 4) is 0 Å². The second-order valence-electron chi connectivity index (χ2n) is 3.01. The maximum absolute atomic E-state index is 11.5. The van der Waals surface area contributed by atoms with Gasteiger partial charge < -0.3 is 4.74 Å². The quantitative estimate of drug-likeness (QED) is 0.820. The van der Waals surface area contributed by atoms with E-state index in [1.54, 1.807) is 13.8 Å². The average molecular weight is 264 g/mol. The number of hydrogen-bond acceptors (Lipinski definition) is 6. The highest BCUT2D eigenvalue weighted by molar-refractivity contribution is 7.92. The predicted octanol–water partition coefficient (Wildman–Crippen LogP) is 1.000. The van der Waals surface area contributed by atoms with Crippen LogP contribution in [0.4, 0.5) is 5.00 Å². The molecule has 0 bridgehead atoms. The number of carbonyl (C=O) groups is 1. The molecule has 0 amide bonds. The first-order valence-corrected chi connectivity index (χ1v) is 7.16. The molecule has 6 nitrogen and oxygen atoms in total. The molecule has 0 unspecified atom stereocenters. The van der Waals surface area contributed by atoms with Gasteiger partial charge in [0.15, 0.2) is 5.69 Å². The van der Waals surface area contributed by atoms with Crippen LogP contribution >= 0.6 is 11.3 Å². The van der Waals surface area contributed by atoms with Crippen molar-refractivity contribution in [3.05, 3.63) is 10.7 Å². The second kappa shape index (κ2) is 4.79. The Hall–Kier alpha value is -1.15. The Morgan fingerprint density at radius 3 is 2.69 bits per heavy atom. The minimum absolute atomic E-state index is 0.00905. The number of sulfonamides is 1. The van der Waals surface area contributed by atoms with E-state index in [0.29, 0.717) is 5.01 Å². The van der Waals surface area contributed by atoms with Gasteiger partial charge in [-0.3, -0.25) is 4.72 Å². The normalized spacial score (nSPS) is 11.2. The molecular formula is C8H12N2O4S2. The Labute approximate surface area is 97.7 Å². The molecule has 0 radical (unpaired) electrons. The summed E-state index contributed by atoms with van der Waals surface area (Å²) < 4.78 is 29.1. The third-order valence-electron chi connectivity index (χ3n) is 1.48. The number of esters is 1. The molecule has 16 heavy (non-hydrogen) atoms. The van der Waals surface area contributed by atoms with E-state index in [9.17, 15) is 13.2 Å². The fraction of sp³-hybridized carbons (Fsp3) is 0.500. The lowest BCUT2D eigenvalue weighted by Crippen LogP contribution is -2.13. The van der Waals surface area contributed by atoms with Crippen molar-refractivity contribution in [1.29, 1.82) is 0 Å². The van der Waals surface area contributed by atoms with E-state index < -0.39 is 16.0 Å². The van der Waals surface area contributed by atoms with Crippen LogP contribution in [0.2, 0.25) is 0 Å². The number of aromatic nitrogens is 1. The van der Waals surface area contributed by atoms with Gasteiger partial charge in [0, 0.05) is 0 Å². The number of anilines is 1. The zero-order valence-corrected chi connectivity index (χ0v) is 10.7. The van der Waals surface area contributed by atoms with Crippen LogP contribution in [-0.2, 0) is 14.8 Å². The lowest BCUT2D eigenvalue weighted by Gasteiger charge is -2.03. The third-order valence-corrected chi connectivity index (χ3v) is 3.07. The van der Waals surface area contributed by atoms with Crippen LogP contribution in [0.3, 0.4) is 0 Å². The first-order chi connectivity index (χ1) is 7.33. The summed E-state index contributed by atoms with van der Waals surface area (Å²) in [5.41, 5.74) is 0.00905. The van der Waals surface area contributed by atoms with E-state index in [0.717, 1.165) is 17.6 Å². The van der Waals surface area contributed by atoms with Crippen LogP contribution in [-0.4, -0.2) is 32.2 Å². The lowest BCUT2D eigenvalue weighted by molar-refractivity contribution is 0.0521. The minimum Gasteiger partial charge on any atom is -0.461 e. The smallest absolute Gasteiger partial charge is 0.360 e. The van der Waals surface area contributed by atoms with Crippen molar-refractivity contribution in [2.24, 2.45) is 0 Å². The monoisotopic (exact) mass is 264 g/mol. The first-order valence-electron chi connectivity index (χ1n) is 4.46. The van der Waals surface area contributed by atoms with Gasteiger partial charge in [0.05, 0.1) is 17.9 Å². The summed E-state index contributed by atoms with van der Waals surface area (Å²) in [6.45, 7) is 3.56. The minimum atomic E-state index is -3.42. The molecule has 1 aromatic heterocycles. The molecule has 1 N–H and O–H groups in total. The Bertz CT molecular complexity index is 492. The fourth-order valence-corrected chi connectivity index (χ4v) is 2.71. The van der Waals surface area contributed by atoms with Crippen LogP contribution in [0, 0.1) is 6.92 Å². The van der Waals surface area contributed by atoms with Crippen molar-refractivity contribution < 1.29 is 17.9 Å². The Morgan fingerprint density at radius 2 is 2.19 bits per heavy atom. The highest BCUT2D eigenvalue weighted by atomic mass is 32.2. The number of nitrogens with zero attached hydrogens (tertiary/aromatic N) is 1. The largest absolute Gasteiger partial charge is 0.461 e. The van der Waals surface area contributed by atoms with E-state index in [1.807, 2.05) is 0 Å². The SMILES string of the molecule is CCOC(=O)c1nc(C)sc1NS(C)(=O)=O. The summed E-state index contributed by atoms with van der Waals surface area (Å²) in [4.78, 5) is 15.4. The first kappa shape index (κ1) is 12.9. The number of nitrogens with one attached hydrogen (secondary N) is 1. The highest BCUT2D eigenvalue weighted by Gasteiger charge is 2.20. The molecule has 1 heterocycles. The topological polar surface area (TPSA) is 85.4 Å². The summed E-state index contributed by atoms with van der Waals surface area (Å²) in [5.74, 6) is -0.627. The molecule has 0 aliphatic heterocycles. The van der Waals surface area contributed by atoms with Gasteiger partial charge in [-0.25, -0.2) is 18.2 Å². The summed E-state index contributed by atoms with van der Waals surface area (Å²) in [6.07, 6.45) is 1.01. The van der Waals surface area contributed by atoms with Crippen molar-refractivity contribution in [1.82, 2.24) is 4.98 Å². The fourth-order valence-electron chi connectivity index (χ4n) is 1.00. The van der Waals surface area contributed by atoms with Gasteiger partial charge in [0.25, 0.3) is 0 Å². The molecule has 0 fully saturated rings. The second-order valence-corrected chi connectivity index (χ2v) is 5.96. The van der Waals surface area contributed by atoms with E-state index in [1.165, 1.54) is 0 Å². The summed E-state index contributed by atoms with van der Waals surface area (Å²) >= 11 is 1.09.